The Morgan fingerprint density at radius 1 is 1.38 bits per heavy atom. The van der Waals surface area contributed by atoms with Crippen molar-refractivity contribution in [2.75, 3.05) is 0 Å². The molecule has 0 aliphatic heterocycles. The van der Waals surface area contributed by atoms with Crippen LogP contribution >= 0.6 is 11.3 Å². The highest BCUT2D eigenvalue weighted by Gasteiger charge is 2.19. The number of hydrogen-bond acceptors (Lipinski definition) is 3. The second kappa shape index (κ2) is 3.70. The smallest absolute Gasteiger partial charge is 0.194 e. The number of ketones is 1. The van der Waals surface area contributed by atoms with Gasteiger partial charge in [0.15, 0.2) is 10.7 Å². The van der Waals surface area contributed by atoms with Gasteiger partial charge < -0.3 is 0 Å². The van der Waals surface area contributed by atoms with Crippen LogP contribution in [-0.2, 0) is 12.8 Å². The van der Waals surface area contributed by atoms with E-state index in [-0.39, 0.29) is 5.78 Å². The first-order chi connectivity index (χ1) is 7.77. The highest BCUT2D eigenvalue weighted by atomic mass is 32.1. The van der Waals surface area contributed by atoms with E-state index in [4.69, 9.17) is 0 Å². The molecule has 0 saturated heterocycles. The number of thiazole rings is 1. The molecule has 2 aromatic heterocycles. The summed E-state index contributed by atoms with van der Waals surface area (Å²) in [5.41, 5.74) is 2.08. The van der Waals surface area contributed by atoms with Crippen LogP contribution in [0.15, 0.2) is 6.20 Å². The molecule has 0 unspecified atom stereocenters. The van der Waals surface area contributed by atoms with E-state index >= 15 is 0 Å². The van der Waals surface area contributed by atoms with Crippen LogP contribution in [0, 0.1) is 0 Å². The van der Waals surface area contributed by atoms with Crippen molar-refractivity contribution < 1.29 is 4.79 Å². The molecular weight excluding hydrogens is 220 g/mol. The van der Waals surface area contributed by atoms with Gasteiger partial charge in [-0.05, 0) is 25.7 Å². The van der Waals surface area contributed by atoms with Gasteiger partial charge in [0.2, 0.25) is 0 Å². The molecular formula is C12H14N2OS. The van der Waals surface area contributed by atoms with Crippen molar-refractivity contribution in [3.63, 3.8) is 0 Å². The summed E-state index contributed by atoms with van der Waals surface area (Å²) in [7, 11) is 0. The van der Waals surface area contributed by atoms with E-state index in [2.05, 4.69) is 9.38 Å². The van der Waals surface area contributed by atoms with Crippen LogP contribution < -0.4 is 0 Å². The number of imidazole rings is 1. The molecule has 0 fully saturated rings. The number of nitrogens with zero attached hydrogens (tertiary/aromatic N) is 2. The number of Topliss-reactive ketones (excluding diaryl/α,β-unsaturated/α-hetero) is 1. The Balaban J connectivity index is 2.25. The third kappa shape index (κ3) is 1.40. The van der Waals surface area contributed by atoms with Crippen molar-refractivity contribution in [1.82, 2.24) is 9.38 Å². The average Bonchev–Trinajstić information content (AvgIpc) is 2.71. The van der Waals surface area contributed by atoms with E-state index in [1.165, 1.54) is 29.8 Å². The maximum atomic E-state index is 11.5. The molecule has 0 N–H and O–H groups in total. The predicted octanol–water partition coefficient (Wildman–Crippen LogP) is 2.87. The topological polar surface area (TPSA) is 34.4 Å². The van der Waals surface area contributed by atoms with Crippen molar-refractivity contribution in [2.24, 2.45) is 0 Å². The normalized spacial score (nSPS) is 16.1. The lowest BCUT2D eigenvalue weighted by molar-refractivity contribution is 0.101. The highest BCUT2D eigenvalue weighted by molar-refractivity contribution is 7.17. The van der Waals surface area contributed by atoms with Crippen LogP contribution in [0.1, 0.15) is 47.2 Å². The van der Waals surface area contributed by atoms with Crippen LogP contribution in [0.4, 0.5) is 0 Å². The zero-order valence-corrected chi connectivity index (χ0v) is 10.1. The molecule has 3 nitrogen and oxygen atoms in total. The molecule has 0 radical (unpaired) electrons. The SMILES string of the molecule is CC(=O)c1cnc2sc3c(n12)CCCCC3. The first-order valence-corrected chi connectivity index (χ1v) is 6.58. The third-order valence-corrected chi connectivity index (χ3v) is 4.37. The number of carbonyl (C=O) groups is 1. The molecule has 84 valence electrons. The minimum Gasteiger partial charge on any atom is -0.293 e. The van der Waals surface area contributed by atoms with E-state index in [0.717, 1.165) is 23.5 Å². The van der Waals surface area contributed by atoms with Crippen LogP contribution in [0.3, 0.4) is 0 Å². The van der Waals surface area contributed by atoms with E-state index in [1.54, 1.807) is 24.5 Å². The molecule has 0 aromatic carbocycles. The van der Waals surface area contributed by atoms with E-state index in [9.17, 15) is 4.79 Å². The van der Waals surface area contributed by atoms with Gasteiger partial charge >= 0.3 is 0 Å². The maximum absolute atomic E-state index is 11.5. The minimum atomic E-state index is 0.109. The molecule has 1 aliphatic rings. The first kappa shape index (κ1) is 10.0. The molecule has 0 spiro atoms. The summed E-state index contributed by atoms with van der Waals surface area (Å²) in [5.74, 6) is 0.109. The number of carbonyl (C=O) groups excluding carboxylic acids is 1. The minimum absolute atomic E-state index is 0.109. The maximum Gasteiger partial charge on any atom is 0.194 e. The molecule has 3 rings (SSSR count). The summed E-state index contributed by atoms with van der Waals surface area (Å²) < 4.78 is 2.08. The zero-order chi connectivity index (χ0) is 11.1. The summed E-state index contributed by atoms with van der Waals surface area (Å²) in [6, 6.07) is 0. The fourth-order valence-corrected chi connectivity index (χ4v) is 3.59. The predicted molar refractivity (Wildman–Crippen MR) is 64.3 cm³/mol. The molecule has 4 heteroatoms. The molecule has 2 aromatic rings. The van der Waals surface area contributed by atoms with Crippen LogP contribution in [-0.4, -0.2) is 15.2 Å². The summed E-state index contributed by atoms with van der Waals surface area (Å²) >= 11 is 1.75. The quantitative estimate of drug-likeness (QED) is 0.561. The van der Waals surface area contributed by atoms with Crippen molar-refractivity contribution in [3.8, 4) is 0 Å². The Labute approximate surface area is 98.1 Å². The number of rotatable bonds is 1. The van der Waals surface area contributed by atoms with Gasteiger partial charge in [0.1, 0.15) is 5.69 Å². The van der Waals surface area contributed by atoms with Gasteiger partial charge in [-0.3, -0.25) is 9.20 Å². The monoisotopic (exact) mass is 234 g/mol. The molecule has 1 aliphatic carbocycles. The van der Waals surface area contributed by atoms with Crippen LogP contribution in [0.5, 0.6) is 0 Å². The summed E-state index contributed by atoms with van der Waals surface area (Å²) in [5, 5.41) is 0. The van der Waals surface area contributed by atoms with Gasteiger partial charge in [-0.1, -0.05) is 6.42 Å². The lowest BCUT2D eigenvalue weighted by Crippen LogP contribution is -2.02. The molecule has 0 amide bonds. The van der Waals surface area contributed by atoms with E-state index in [0.29, 0.717) is 0 Å². The summed E-state index contributed by atoms with van der Waals surface area (Å²) in [6.45, 7) is 1.62. The van der Waals surface area contributed by atoms with Crippen molar-refractivity contribution >= 4 is 22.1 Å². The Kier molecular flexibility index (Phi) is 2.32. The molecule has 16 heavy (non-hydrogen) atoms. The van der Waals surface area contributed by atoms with E-state index < -0.39 is 0 Å². The fourth-order valence-electron chi connectivity index (χ4n) is 2.41. The first-order valence-electron chi connectivity index (χ1n) is 5.76. The molecule has 0 saturated carbocycles. The van der Waals surface area contributed by atoms with Gasteiger partial charge in [0, 0.05) is 17.5 Å². The standard InChI is InChI=1S/C12H14N2OS/c1-8(15)10-7-13-12-14(10)9-5-3-2-4-6-11(9)16-12/h7H,2-6H2,1H3. The largest absolute Gasteiger partial charge is 0.293 e. The second-order valence-electron chi connectivity index (χ2n) is 4.35. The zero-order valence-electron chi connectivity index (χ0n) is 9.32. The average molecular weight is 234 g/mol. The highest BCUT2D eigenvalue weighted by Crippen LogP contribution is 2.30. The third-order valence-electron chi connectivity index (χ3n) is 3.21. The number of fused-ring (bicyclic) bond motifs is 3. The Morgan fingerprint density at radius 3 is 3.00 bits per heavy atom. The van der Waals surface area contributed by atoms with E-state index in [1.807, 2.05) is 0 Å². The van der Waals surface area contributed by atoms with Crippen LogP contribution in [0.2, 0.25) is 0 Å². The van der Waals surface area contributed by atoms with Gasteiger partial charge in [0.05, 0.1) is 6.20 Å². The van der Waals surface area contributed by atoms with Crippen molar-refractivity contribution in [3.05, 3.63) is 22.5 Å². The summed E-state index contributed by atoms with van der Waals surface area (Å²) in [4.78, 5) is 18.3. The Morgan fingerprint density at radius 2 is 2.19 bits per heavy atom. The van der Waals surface area contributed by atoms with Gasteiger partial charge in [-0.2, -0.15) is 0 Å². The second-order valence-corrected chi connectivity index (χ2v) is 5.41. The number of aromatic nitrogens is 2. The molecule has 2 heterocycles. The lowest BCUT2D eigenvalue weighted by atomic mass is 10.2. The molecule has 0 atom stereocenters. The summed E-state index contributed by atoms with van der Waals surface area (Å²) in [6.07, 6.45) is 7.75. The lowest BCUT2D eigenvalue weighted by Gasteiger charge is -2.01. The van der Waals surface area contributed by atoms with Gasteiger partial charge in [-0.25, -0.2) is 4.98 Å². The molecule has 0 bridgehead atoms. The van der Waals surface area contributed by atoms with Crippen molar-refractivity contribution in [1.29, 1.82) is 0 Å². The Hall–Kier alpha value is -1.16. The van der Waals surface area contributed by atoms with Gasteiger partial charge in [-0.15, -0.1) is 11.3 Å². The van der Waals surface area contributed by atoms with Crippen molar-refractivity contribution in [2.45, 2.75) is 39.0 Å². The van der Waals surface area contributed by atoms with Crippen LogP contribution in [0.25, 0.3) is 4.96 Å². The fraction of sp³-hybridized carbons (Fsp3) is 0.500. The number of aryl methyl sites for hydroxylation is 2. The Bertz CT molecular complexity index is 553. The van der Waals surface area contributed by atoms with Gasteiger partial charge in [0.25, 0.3) is 0 Å². The number of hydrogen-bond donors (Lipinski definition) is 0.